The lowest BCUT2D eigenvalue weighted by molar-refractivity contribution is -0.150. The fourth-order valence-corrected chi connectivity index (χ4v) is 5.70. The first kappa shape index (κ1) is 29.8. The van der Waals surface area contributed by atoms with E-state index < -0.39 is 41.0 Å². The number of aliphatic hydroxyl groups is 1. The third-order valence-corrected chi connectivity index (χ3v) is 8.23. The topological polar surface area (TPSA) is 125 Å². The van der Waals surface area contributed by atoms with Gasteiger partial charge in [-0.3, -0.25) is 14.4 Å². The third kappa shape index (κ3) is 5.98. The van der Waals surface area contributed by atoms with Crippen LogP contribution in [0.5, 0.6) is 11.5 Å². The van der Waals surface area contributed by atoms with E-state index in [0.29, 0.717) is 16.9 Å². The smallest absolute Gasteiger partial charge is 0.235 e. The SMILES string of the molecule is CCOc1cc(C2C(C(=O)Nc3cccc(C)c3C)C(=O)CC(C)(O)C2C(=O)Nc2cccc(C)c2C)ccc1O. The van der Waals surface area contributed by atoms with Crippen molar-refractivity contribution in [3.8, 4) is 11.5 Å². The molecule has 4 atom stereocenters. The fourth-order valence-electron chi connectivity index (χ4n) is 5.70. The van der Waals surface area contributed by atoms with E-state index in [1.165, 1.54) is 19.1 Å². The maximum atomic E-state index is 14.0. The third-order valence-electron chi connectivity index (χ3n) is 8.23. The average Bonchev–Trinajstić information content (AvgIpc) is 2.89. The van der Waals surface area contributed by atoms with Gasteiger partial charge in [-0.25, -0.2) is 0 Å². The molecular weight excluding hydrogens is 520 g/mol. The fraction of sp³-hybridized carbons (Fsp3) is 0.364. The Morgan fingerprint density at radius 3 is 2.05 bits per heavy atom. The van der Waals surface area contributed by atoms with Gasteiger partial charge in [-0.15, -0.1) is 0 Å². The van der Waals surface area contributed by atoms with Gasteiger partial charge in [0.15, 0.2) is 11.5 Å². The number of hydrogen-bond acceptors (Lipinski definition) is 6. The minimum atomic E-state index is -1.76. The van der Waals surface area contributed by atoms with Crippen molar-refractivity contribution in [2.75, 3.05) is 17.2 Å². The molecule has 4 N–H and O–H groups in total. The Morgan fingerprint density at radius 1 is 0.927 bits per heavy atom. The number of aryl methyl sites for hydroxylation is 2. The maximum absolute atomic E-state index is 14.0. The number of amides is 2. The van der Waals surface area contributed by atoms with Crippen molar-refractivity contribution in [3.05, 3.63) is 82.4 Å². The molecule has 41 heavy (non-hydrogen) atoms. The van der Waals surface area contributed by atoms with Crippen LogP contribution in [0.2, 0.25) is 0 Å². The molecule has 0 bridgehead atoms. The van der Waals surface area contributed by atoms with Gasteiger partial charge in [0.1, 0.15) is 11.7 Å². The van der Waals surface area contributed by atoms with Crippen LogP contribution in [0.15, 0.2) is 54.6 Å². The quantitative estimate of drug-likeness (QED) is 0.290. The summed E-state index contributed by atoms with van der Waals surface area (Å²) in [6, 6.07) is 15.5. The summed E-state index contributed by atoms with van der Waals surface area (Å²) in [4.78, 5) is 41.6. The second-order valence-electron chi connectivity index (χ2n) is 11.1. The number of ether oxygens (including phenoxy) is 1. The predicted molar refractivity (Wildman–Crippen MR) is 158 cm³/mol. The van der Waals surface area contributed by atoms with Gasteiger partial charge >= 0.3 is 0 Å². The molecule has 0 heterocycles. The highest BCUT2D eigenvalue weighted by atomic mass is 16.5. The van der Waals surface area contributed by atoms with E-state index in [0.717, 1.165) is 22.3 Å². The first-order chi connectivity index (χ1) is 19.4. The highest BCUT2D eigenvalue weighted by molar-refractivity contribution is 6.10. The molecule has 0 aliphatic heterocycles. The molecule has 0 aromatic heterocycles. The van der Waals surface area contributed by atoms with Crippen molar-refractivity contribution in [1.82, 2.24) is 0 Å². The van der Waals surface area contributed by atoms with Gasteiger partial charge in [0.05, 0.1) is 18.1 Å². The Balaban J connectivity index is 1.84. The molecule has 0 radical (unpaired) electrons. The lowest BCUT2D eigenvalue weighted by atomic mass is 9.61. The number of carbonyl (C=O) groups is 3. The number of anilines is 2. The van der Waals surface area contributed by atoms with Crippen LogP contribution in [-0.4, -0.2) is 40.0 Å². The molecule has 216 valence electrons. The molecule has 1 saturated carbocycles. The first-order valence-electron chi connectivity index (χ1n) is 13.8. The summed E-state index contributed by atoms with van der Waals surface area (Å²) < 4.78 is 5.59. The van der Waals surface area contributed by atoms with Crippen molar-refractivity contribution in [3.63, 3.8) is 0 Å². The Labute approximate surface area is 240 Å². The normalized spacial score (nSPS) is 22.2. The zero-order valence-corrected chi connectivity index (χ0v) is 24.4. The lowest BCUT2D eigenvalue weighted by Crippen LogP contribution is -2.56. The van der Waals surface area contributed by atoms with E-state index in [2.05, 4.69) is 10.6 Å². The summed E-state index contributed by atoms with van der Waals surface area (Å²) >= 11 is 0. The maximum Gasteiger partial charge on any atom is 0.235 e. The van der Waals surface area contributed by atoms with E-state index >= 15 is 0 Å². The number of aromatic hydroxyl groups is 1. The summed E-state index contributed by atoms with van der Waals surface area (Å²) in [5, 5.41) is 27.8. The van der Waals surface area contributed by atoms with Gasteiger partial charge in [-0.05, 0) is 93.6 Å². The van der Waals surface area contributed by atoms with Crippen LogP contribution in [-0.2, 0) is 14.4 Å². The minimum absolute atomic E-state index is 0.114. The van der Waals surface area contributed by atoms with E-state index in [9.17, 15) is 24.6 Å². The number of benzene rings is 3. The van der Waals surface area contributed by atoms with Gasteiger partial charge < -0.3 is 25.6 Å². The lowest BCUT2D eigenvalue weighted by Gasteiger charge is -2.44. The van der Waals surface area contributed by atoms with Crippen LogP contribution >= 0.6 is 0 Å². The van der Waals surface area contributed by atoms with Gasteiger partial charge in [0.25, 0.3) is 0 Å². The Morgan fingerprint density at radius 2 is 1.49 bits per heavy atom. The van der Waals surface area contributed by atoms with Crippen molar-refractivity contribution in [2.45, 2.75) is 59.5 Å². The molecule has 1 aliphatic carbocycles. The summed E-state index contributed by atoms with van der Waals surface area (Å²) in [6.45, 7) is 11.1. The van der Waals surface area contributed by atoms with Gasteiger partial charge in [-0.2, -0.15) is 0 Å². The summed E-state index contributed by atoms with van der Waals surface area (Å²) in [5.41, 5.74) is 3.50. The van der Waals surface area contributed by atoms with Crippen LogP contribution in [0, 0.1) is 39.5 Å². The van der Waals surface area contributed by atoms with E-state index in [1.807, 2.05) is 52.0 Å². The Hall–Kier alpha value is -4.17. The van der Waals surface area contributed by atoms with E-state index in [1.54, 1.807) is 25.1 Å². The number of ketones is 1. The predicted octanol–water partition coefficient (Wildman–Crippen LogP) is 5.34. The van der Waals surface area contributed by atoms with E-state index in [-0.39, 0.29) is 24.5 Å². The van der Waals surface area contributed by atoms with Crippen LogP contribution < -0.4 is 15.4 Å². The summed E-state index contributed by atoms with van der Waals surface area (Å²) in [6.07, 6.45) is -0.379. The molecule has 1 fully saturated rings. The number of carbonyl (C=O) groups excluding carboxylic acids is 3. The van der Waals surface area contributed by atoms with E-state index in [4.69, 9.17) is 4.74 Å². The molecule has 3 aromatic rings. The summed E-state index contributed by atoms with van der Waals surface area (Å²) in [7, 11) is 0. The van der Waals surface area contributed by atoms with Crippen LogP contribution in [0.4, 0.5) is 11.4 Å². The highest BCUT2D eigenvalue weighted by Gasteiger charge is 2.56. The van der Waals surface area contributed by atoms with Crippen molar-refractivity contribution < 1.29 is 29.3 Å². The molecule has 0 saturated heterocycles. The minimum Gasteiger partial charge on any atom is -0.504 e. The molecule has 4 rings (SSSR count). The van der Waals surface area contributed by atoms with Crippen LogP contribution in [0.1, 0.15) is 54.0 Å². The van der Waals surface area contributed by atoms with Crippen molar-refractivity contribution in [1.29, 1.82) is 0 Å². The van der Waals surface area contributed by atoms with Crippen LogP contribution in [0.25, 0.3) is 0 Å². The molecule has 8 heteroatoms. The number of hydrogen-bond donors (Lipinski definition) is 4. The second kappa shape index (κ2) is 11.7. The molecule has 8 nitrogen and oxygen atoms in total. The van der Waals surface area contributed by atoms with Gasteiger partial charge in [0.2, 0.25) is 11.8 Å². The number of Topliss-reactive ketones (excluding diaryl/α,β-unsaturated/α-hetero) is 1. The van der Waals surface area contributed by atoms with Crippen molar-refractivity contribution in [2.24, 2.45) is 11.8 Å². The Kier molecular flexibility index (Phi) is 8.54. The Bertz CT molecular complexity index is 1500. The monoisotopic (exact) mass is 558 g/mol. The van der Waals surface area contributed by atoms with Gasteiger partial charge in [0, 0.05) is 23.7 Å². The molecule has 4 unspecified atom stereocenters. The number of rotatable bonds is 7. The van der Waals surface area contributed by atoms with Crippen LogP contribution in [0.3, 0.4) is 0 Å². The molecule has 1 aliphatic rings. The average molecular weight is 559 g/mol. The number of phenolic OH excluding ortho intramolecular Hbond substituents is 1. The van der Waals surface area contributed by atoms with Crippen molar-refractivity contribution >= 4 is 29.0 Å². The number of nitrogens with one attached hydrogen (secondary N) is 2. The zero-order valence-electron chi connectivity index (χ0n) is 24.4. The summed E-state index contributed by atoms with van der Waals surface area (Å²) in [5.74, 6) is -5.05. The highest BCUT2D eigenvalue weighted by Crippen LogP contribution is 2.48. The number of phenols is 1. The van der Waals surface area contributed by atoms with Gasteiger partial charge in [-0.1, -0.05) is 30.3 Å². The largest absolute Gasteiger partial charge is 0.504 e. The second-order valence-corrected chi connectivity index (χ2v) is 11.1. The molecule has 0 spiro atoms. The molecule has 3 aromatic carbocycles. The molecule has 2 amide bonds. The molecular formula is C33H38N2O6. The standard InChI is InChI=1S/C33H38N2O6/c1-7-41-27-16-22(14-15-25(27)36)28-29(31(38)34-23-12-8-10-18(2)20(23)4)26(37)17-33(6,40)30(28)32(39)35-24-13-9-11-19(3)21(24)5/h8-16,28-30,36,40H,7,17H2,1-6H3,(H,34,38)(H,35,39). The zero-order chi connectivity index (χ0) is 30.1. The first-order valence-corrected chi connectivity index (χ1v) is 13.8.